The van der Waals surface area contributed by atoms with E-state index in [4.69, 9.17) is 16.3 Å². The van der Waals surface area contributed by atoms with E-state index in [9.17, 15) is 5.11 Å². The summed E-state index contributed by atoms with van der Waals surface area (Å²) in [6.45, 7) is 2.11. The lowest BCUT2D eigenvalue weighted by atomic mass is 10.1. The Labute approximate surface area is 134 Å². The highest BCUT2D eigenvalue weighted by Gasteiger charge is 2.17. The SMILES string of the molecule is OCCn1nc(-c2ccc(Cl)cc2)cc1NC1CCOCC1. The first kappa shape index (κ1) is 15.3. The van der Waals surface area contributed by atoms with Crippen LogP contribution < -0.4 is 5.32 Å². The summed E-state index contributed by atoms with van der Waals surface area (Å²) in [4.78, 5) is 0. The first-order chi connectivity index (χ1) is 10.8. The second-order valence-electron chi connectivity index (χ2n) is 5.40. The smallest absolute Gasteiger partial charge is 0.125 e. The molecular formula is C16H20ClN3O2. The van der Waals surface area contributed by atoms with Crippen LogP contribution in [0.3, 0.4) is 0 Å². The number of benzene rings is 1. The maximum absolute atomic E-state index is 9.24. The monoisotopic (exact) mass is 321 g/mol. The van der Waals surface area contributed by atoms with Crippen molar-refractivity contribution in [3.05, 3.63) is 35.4 Å². The quantitative estimate of drug-likeness (QED) is 0.889. The summed E-state index contributed by atoms with van der Waals surface area (Å²) in [5, 5.41) is 18.1. The number of nitrogens with zero attached hydrogens (tertiary/aromatic N) is 2. The number of halogens is 1. The zero-order chi connectivity index (χ0) is 15.4. The zero-order valence-corrected chi connectivity index (χ0v) is 13.1. The number of anilines is 1. The molecule has 118 valence electrons. The molecule has 1 aromatic carbocycles. The van der Waals surface area contributed by atoms with Crippen molar-refractivity contribution in [3.63, 3.8) is 0 Å². The second kappa shape index (κ2) is 7.13. The third-order valence-electron chi connectivity index (χ3n) is 3.81. The molecule has 0 amide bonds. The van der Waals surface area contributed by atoms with Gasteiger partial charge in [0.1, 0.15) is 5.82 Å². The molecule has 0 aliphatic carbocycles. The highest BCUT2D eigenvalue weighted by molar-refractivity contribution is 6.30. The summed E-state index contributed by atoms with van der Waals surface area (Å²) in [5.41, 5.74) is 1.88. The average molecular weight is 322 g/mol. The fraction of sp³-hybridized carbons (Fsp3) is 0.438. The van der Waals surface area contributed by atoms with Gasteiger partial charge >= 0.3 is 0 Å². The van der Waals surface area contributed by atoms with E-state index >= 15 is 0 Å². The average Bonchev–Trinajstić information content (AvgIpc) is 2.92. The van der Waals surface area contributed by atoms with Gasteiger partial charge in [0.05, 0.1) is 18.8 Å². The minimum atomic E-state index is 0.0597. The highest BCUT2D eigenvalue weighted by atomic mass is 35.5. The van der Waals surface area contributed by atoms with E-state index in [1.807, 2.05) is 35.0 Å². The maximum Gasteiger partial charge on any atom is 0.125 e. The van der Waals surface area contributed by atoms with E-state index in [1.165, 1.54) is 0 Å². The molecule has 0 unspecified atom stereocenters. The van der Waals surface area contributed by atoms with Crippen LogP contribution in [-0.2, 0) is 11.3 Å². The first-order valence-corrected chi connectivity index (χ1v) is 7.93. The molecule has 3 rings (SSSR count). The second-order valence-corrected chi connectivity index (χ2v) is 5.84. The Morgan fingerprint density at radius 1 is 1.27 bits per heavy atom. The number of aromatic nitrogens is 2. The Balaban J connectivity index is 1.82. The van der Waals surface area contributed by atoms with Crippen molar-refractivity contribution in [1.29, 1.82) is 0 Å². The molecule has 5 nitrogen and oxygen atoms in total. The van der Waals surface area contributed by atoms with Gasteiger partial charge in [0.2, 0.25) is 0 Å². The van der Waals surface area contributed by atoms with Crippen LogP contribution in [0.2, 0.25) is 5.02 Å². The minimum absolute atomic E-state index is 0.0597. The molecule has 0 spiro atoms. The van der Waals surface area contributed by atoms with Gasteiger partial charge in [-0.3, -0.25) is 0 Å². The molecule has 0 bridgehead atoms. The molecule has 0 atom stereocenters. The van der Waals surface area contributed by atoms with Crippen molar-refractivity contribution in [2.24, 2.45) is 0 Å². The van der Waals surface area contributed by atoms with Gasteiger partial charge in [-0.15, -0.1) is 0 Å². The van der Waals surface area contributed by atoms with Crippen LogP contribution in [-0.4, -0.2) is 40.7 Å². The molecule has 22 heavy (non-hydrogen) atoms. The van der Waals surface area contributed by atoms with Gasteiger partial charge in [0.15, 0.2) is 0 Å². The van der Waals surface area contributed by atoms with Crippen molar-refractivity contribution in [2.45, 2.75) is 25.4 Å². The van der Waals surface area contributed by atoms with E-state index in [0.717, 1.165) is 43.1 Å². The molecule has 2 heterocycles. The van der Waals surface area contributed by atoms with E-state index < -0.39 is 0 Å². The Morgan fingerprint density at radius 2 is 2.00 bits per heavy atom. The van der Waals surface area contributed by atoms with E-state index in [2.05, 4.69) is 10.4 Å². The van der Waals surface area contributed by atoms with Crippen molar-refractivity contribution in [3.8, 4) is 11.3 Å². The lowest BCUT2D eigenvalue weighted by Crippen LogP contribution is -2.29. The standard InChI is InChI=1S/C16H20ClN3O2/c17-13-3-1-12(2-4-13)15-11-16(20(19-15)7-8-21)18-14-5-9-22-10-6-14/h1-4,11,14,18,21H,5-10H2. The molecule has 6 heteroatoms. The van der Waals surface area contributed by atoms with Gasteiger partial charge in [-0.2, -0.15) is 5.10 Å². The summed E-state index contributed by atoms with van der Waals surface area (Å²) in [7, 11) is 0. The minimum Gasteiger partial charge on any atom is -0.394 e. The van der Waals surface area contributed by atoms with Crippen LogP contribution in [0.5, 0.6) is 0 Å². The van der Waals surface area contributed by atoms with E-state index in [-0.39, 0.29) is 6.61 Å². The number of aliphatic hydroxyl groups is 1. The van der Waals surface area contributed by atoms with Crippen LogP contribution in [0.25, 0.3) is 11.3 Å². The molecule has 1 aromatic heterocycles. The van der Waals surface area contributed by atoms with Crippen LogP contribution in [0.4, 0.5) is 5.82 Å². The Morgan fingerprint density at radius 3 is 2.68 bits per heavy atom. The van der Waals surface area contributed by atoms with E-state index in [1.54, 1.807) is 0 Å². The van der Waals surface area contributed by atoms with Crippen molar-refractivity contribution < 1.29 is 9.84 Å². The number of rotatable bonds is 5. The zero-order valence-electron chi connectivity index (χ0n) is 12.3. The fourth-order valence-corrected chi connectivity index (χ4v) is 2.74. The van der Waals surface area contributed by atoms with Crippen LogP contribution in [0, 0.1) is 0 Å². The van der Waals surface area contributed by atoms with Gasteiger partial charge in [-0.25, -0.2) is 4.68 Å². The Kier molecular flexibility index (Phi) is 4.97. The molecular weight excluding hydrogens is 302 g/mol. The van der Waals surface area contributed by atoms with Crippen molar-refractivity contribution in [2.75, 3.05) is 25.1 Å². The summed E-state index contributed by atoms with van der Waals surface area (Å²) >= 11 is 5.93. The molecule has 1 fully saturated rings. The number of hydrogen-bond donors (Lipinski definition) is 2. The Bertz CT molecular complexity index is 606. The molecule has 0 saturated carbocycles. The van der Waals surface area contributed by atoms with Gasteiger partial charge in [0, 0.05) is 35.9 Å². The number of hydrogen-bond acceptors (Lipinski definition) is 4. The number of nitrogens with one attached hydrogen (secondary N) is 1. The summed E-state index contributed by atoms with van der Waals surface area (Å²) in [6, 6.07) is 10.0. The lowest BCUT2D eigenvalue weighted by Gasteiger charge is -2.24. The maximum atomic E-state index is 9.24. The van der Waals surface area contributed by atoms with Crippen LogP contribution in [0.15, 0.2) is 30.3 Å². The van der Waals surface area contributed by atoms with Crippen LogP contribution in [0.1, 0.15) is 12.8 Å². The normalized spacial score (nSPS) is 15.9. The lowest BCUT2D eigenvalue weighted by molar-refractivity contribution is 0.0902. The first-order valence-electron chi connectivity index (χ1n) is 7.55. The topological polar surface area (TPSA) is 59.3 Å². The molecule has 1 saturated heterocycles. The van der Waals surface area contributed by atoms with Gasteiger partial charge in [-0.1, -0.05) is 23.7 Å². The molecule has 2 N–H and O–H groups in total. The van der Waals surface area contributed by atoms with Gasteiger partial charge in [-0.05, 0) is 25.0 Å². The highest BCUT2D eigenvalue weighted by Crippen LogP contribution is 2.25. The molecule has 2 aromatic rings. The van der Waals surface area contributed by atoms with Gasteiger partial charge < -0.3 is 15.2 Å². The van der Waals surface area contributed by atoms with Crippen molar-refractivity contribution in [1.82, 2.24) is 9.78 Å². The predicted molar refractivity (Wildman–Crippen MR) is 87.2 cm³/mol. The Hall–Kier alpha value is -1.56. The molecule has 1 aliphatic rings. The van der Waals surface area contributed by atoms with Gasteiger partial charge in [0.25, 0.3) is 0 Å². The third kappa shape index (κ3) is 3.61. The largest absolute Gasteiger partial charge is 0.394 e. The number of ether oxygens (including phenoxy) is 1. The van der Waals surface area contributed by atoms with Crippen LogP contribution >= 0.6 is 11.6 Å². The number of aliphatic hydroxyl groups excluding tert-OH is 1. The molecule has 1 aliphatic heterocycles. The van der Waals surface area contributed by atoms with Crippen molar-refractivity contribution >= 4 is 17.4 Å². The fourth-order valence-electron chi connectivity index (χ4n) is 2.61. The third-order valence-corrected chi connectivity index (χ3v) is 4.06. The van der Waals surface area contributed by atoms with E-state index in [0.29, 0.717) is 17.6 Å². The predicted octanol–water partition coefficient (Wildman–Crippen LogP) is 2.79. The summed E-state index contributed by atoms with van der Waals surface area (Å²) in [6.07, 6.45) is 1.97. The molecule has 0 radical (unpaired) electrons. The summed E-state index contributed by atoms with van der Waals surface area (Å²) in [5.74, 6) is 0.936. The summed E-state index contributed by atoms with van der Waals surface area (Å²) < 4.78 is 7.20.